The third-order valence-electron chi connectivity index (χ3n) is 3.73. The van der Waals surface area contributed by atoms with Crippen LogP contribution in [0.4, 0.5) is 4.79 Å². The minimum Gasteiger partial charge on any atom is -0.357 e. The number of rotatable bonds is 4. The lowest BCUT2D eigenvalue weighted by molar-refractivity contribution is -0.126. The summed E-state index contributed by atoms with van der Waals surface area (Å²) in [5, 5.41) is 2.62. The lowest BCUT2D eigenvalue weighted by atomic mass is 10.0. The van der Waals surface area contributed by atoms with Crippen molar-refractivity contribution in [1.82, 2.24) is 20.0 Å². The predicted molar refractivity (Wildman–Crippen MR) is 74.9 cm³/mol. The number of likely N-dealkylation sites (tertiary alicyclic amines) is 1. The van der Waals surface area contributed by atoms with Gasteiger partial charge in [-0.05, 0) is 20.0 Å². The van der Waals surface area contributed by atoms with Gasteiger partial charge >= 0.3 is 6.03 Å². The van der Waals surface area contributed by atoms with Crippen molar-refractivity contribution in [2.45, 2.75) is 25.9 Å². The monoisotopic (exact) mass is 270 g/mol. The first-order valence-electron chi connectivity index (χ1n) is 6.69. The summed E-state index contributed by atoms with van der Waals surface area (Å²) < 4.78 is 0. The van der Waals surface area contributed by atoms with Gasteiger partial charge in [0.05, 0.1) is 0 Å². The number of nitrogens with one attached hydrogen (secondary N) is 1. The minimum atomic E-state index is -0.420. The van der Waals surface area contributed by atoms with Crippen molar-refractivity contribution in [2.75, 3.05) is 41.3 Å². The number of urea groups is 1. The first-order valence-corrected chi connectivity index (χ1v) is 6.69. The average Bonchev–Trinajstić information content (AvgIpc) is 2.25. The van der Waals surface area contributed by atoms with Crippen LogP contribution in [0.2, 0.25) is 0 Å². The molecule has 3 amide bonds. The van der Waals surface area contributed by atoms with Gasteiger partial charge < -0.3 is 20.0 Å². The van der Waals surface area contributed by atoms with Crippen LogP contribution in [0.1, 0.15) is 13.8 Å². The van der Waals surface area contributed by atoms with Gasteiger partial charge in [0, 0.05) is 33.2 Å². The molecule has 0 aromatic carbocycles. The highest BCUT2D eigenvalue weighted by molar-refractivity contribution is 5.87. The van der Waals surface area contributed by atoms with Gasteiger partial charge in [0.1, 0.15) is 6.04 Å². The van der Waals surface area contributed by atoms with Crippen LogP contribution in [0.25, 0.3) is 0 Å². The van der Waals surface area contributed by atoms with Crippen LogP contribution < -0.4 is 5.32 Å². The maximum atomic E-state index is 12.3. The normalized spacial score (nSPS) is 17.4. The molecule has 0 aromatic rings. The molecule has 1 heterocycles. The molecule has 1 unspecified atom stereocenters. The Labute approximate surface area is 115 Å². The van der Waals surface area contributed by atoms with Gasteiger partial charge in [0.2, 0.25) is 5.91 Å². The van der Waals surface area contributed by atoms with E-state index in [1.54, 1.807) is 23.9 Å². The van der Waals surface area contributed by atoms with Crippen LogP contribution in [0.15, 0.2) is 0 Å². The number of carbonyl (C=O) groups is 2. The standard InChI is InChI=1S/C13H26N4O2/c1-9(2)11(12(18)14-3)16(6)13(19)17-7-10(8-17)15(4)5/h9-11H,7-8H2,1-6H3,(H,14,18). The molecular weight excluding hydrogens is 244 g/mol. The summed E-state index contributed by atoms with van der Waals surface area (Å²) in [6.45, 7) is 5.36. The second-order valence-electron chi connectivity index (χ2n) is 5.72. The highest BCUT2D eigenvalue weighted by Gasteiger charge is 2.37. The smallest absolute Gasteiger partial charge is 0.320 e. The van der Waals surface area contributed by atoms with Gasteiger partial charge in [-0.15, -0.1) is 0 Å². The van der Waals surface area contributed by atoms with E-state index in [0.717, 1.165) is 13.1 Å². The summed E-state index contributed by atoms with van der Waals surface area (Å²) in [6.07, 6.45) is 0. The Morgan fingerprint density at radius 3 is 2.11 bits per heavy atom. The highest BCUT2D eigenvalue weighted by Crippen LogP contribution is 2.17. The zero-order valence-electron chi connectivity index (χ0n) is 12.8. The second-order valence-corrected chi connectivity index (χ2v) is 5.72. The first kappa shape index (κ1) is 15.8. The molecule has 0 radical (unpaired) electrons. The SMILES string of the molecule is CNC(=O)C(C(C)C)N(C)C(=O)N1CC(N(C)C)C1. The van der Waals surface area contributed by atoms with E-state index in [-0.39, 0.29) is 17.9 Å². The molecule has 1 atom stereocenters. The Bertz CT molecular complexity index is 338. The number of nitrogens with zero attached hydrogens (tertiary/aromatic N) is 3. The molecule has 0 aromatic heterocycles. The third kappa shape index (κ3) is 3.37. The van der Waals surface area contributed by atoms with Crippen molar-refractivity contribution in [3.8, 4) is 0 Å². The average molecular weight is 270 g/mol. The number of hydrogen-bond donors (Lipinski definition) is 1. The van der Waals surface area contributed by atoms with Gasteiger partial charge in [-0.25, -0.2) is 4.79 Å². The zero-order valence-corrected chi connectivity index (χ0v) is 12.8. The van der Waals surface area contributed by atoms with Crippen LogP contribution in [0, 0.1) is 5.92 Å². The molecular formula is C13H26N4O2. The van der Waals surface area contributed by atoms with Crippen LogP contribution in [0.5, 0.6) is 0 Å². The largest absolute Gasteiger partial charge is 0.357 e. The fourth-order valence-electron chi connectivity index (χ4n) is 2.35. The van der Waals surface area contributed by atoms with E-state index in [0.29, 0.717) is 6.04 Å². The van der Waals surface area contributed by atoms with Crippen molar-refractivity contribution < 1.29 is 9.59 Å². The molecule has 0 saturated carbocycles. The van der Waals surface area contributed by atoms with Crippen molar-refractivity contribution in [3.05, 3.63) is 0 Å². The Balaban J connectivity index is 2.63. The molecule has 1 rings (SSSR count). The quantitative estimate of drug-likeness (QED) is 0.785. The van der Waals surface area contributed by atoms with Crippen LogP contribution in [0.3, 0.4) is 0 Å². The van der Waals surface area contributed by atoms with Gasteiger partial charge in [-0.1, -0.05) is 13.8 Å². The Morgan fingerprint density at radius 2 is 1.74 bits per heavy atom. The second kappa shape index (κ2) is 6.23. The zero-order chi connectivity index (χ0) is 14.7. The van der Waals surface area contributed by atoms with E-state index in [1.807, 2.05) is 27.9 Å². The molecule has 0 bridgehead atoms. The topological polar surface area (TPSA) is 55.9 Å². The van der Waals surface area contributed by atoms with Gasteiger partial charge in [-0.2, -0.15) is 0 Å². The van der Waals surface area contributed by atoms with E-state index in [1.165, 1.54) is 0 Å². The molecule has 1 saturated heterocycles. The molecule has 0 spiro atoms. The van der Waals surface area contributed by atoms with Crippen molar-refractivity contribution in [1.29, 1.82) is 0 Å². The van der Waals surface area contributed by atoms with Crippen LogP contribution >= 0.6 is 0 Å². The first-order chi connectivity index (χ1) is 8.79. The molecule has 6 heteroatoms. The highest BCUT2D eigenvalue weighted by atomic mass is 16.2. The van der Waals surface area contributed by atoms with Gasteiger partial charge in [0.25, 0.3) is 0 Å². The molecule has 0 aliphatic carbocycles. The lowest BCUT2D eigenvalue weighted by Gasteiger charge is -2.45. The summed E-state index contributed by atoms with van der Waals surface area (Å²) in [4.78, 5) is 29.6. The van der Waals surface area contributed by atoms with Crippen molar-refractivity contribution in [3.63, 3.8) is 0 Å². The molecule has 19 heavy (non-hydrogen) atoms. The van der Waals surface area contributed by atoms with E-state index in [9.17, 15) is 9.59 Å². The number of amides is 3. The molecule has 110 valence electrons. The summed E-state index contributed by atoms with van der Waals surface area (Å²) in [7, 11) is 7.32. The fraction of sp³-hybridized carbons (Fsp3) is 0.846. The number of hydrogen-bond acceptors (Lipinski definition) is 3. The maximum Gasteiger partial charge on any atom is 0.320 e. The van der Waals surface area contributed by atoms with Gasteiger partial charge in [0.15, 0.2) is 0 Å². The summed E-state index contributed by atoms with van der Waals surface area (Å²) in [6, 6.07) is -0.0637. The van der Waals surface area contributed by atoms with E-state index >= 15 is 0 Å². The maximum absolute atomic E-state index is 12.3. The van der Waals surface area contributed by atoms with Crippen molar-refractivity contribution >= 4 is 11.9 Å². The van der Waals surface area contributed by atoms with Crippen LogP contribution in [-0.2, 0) is 4.79 Å². The van der Waals surface area contributed by atoms with Crippen LogP contribution in [-0.4, -0.2) is 80.0 Å². The molecule has 1 aliphatic rings. The summed E-state index contributed by atoms with van der Waals surface area (Å²) in [5.41, 5.74) is 0. The lowest BCUT2D eigenvalue weighted by Crippen LogP contribution is -2.63. The Kier molecular flexibility index (Phi) is 5.17. The van der Waals surface area contributed by atoms with Crippen molar-refractivity contribution in [2.24, 2.45) is 5.92 Å². The molecule has 1 fully saturated rings. The molecule has 6 nitrogen and oxygen atoms in total. The fourth-order valence-corrected chi connectivity index (χ4v) is 2.35. The summed E-state index contributed by atoms with van der Waals surface area (Å²) in [5.74, 6) is -0.0321. The number of likely N-dealkylation sites (N-methyl/N-ethyl adjacent to an activating group) is 3. The number of carbonyl (C=O) groups excluding carboxylic acids is 2. The Hall–Kier alpha value is -1.30. The minimum absolute atomic E-state index is 0.0691. The third-order valence-corrected chi connectivity index (χ3v) is 3.73. The van der Waals surface area contributed by atoms with E-state index in [2.05, 4.69) is 10.2 Å². The molecule has 1 N–H and O–H groups in total. The Morgan fingerprint density at radius 1 is 1.21 bits per heavy atom. The van der Waals surface area contributed by atoms with E-state index in [4.69, 9.17) is 0 Å². The summed E-state index contributed by atoms with van der Waals surface area (Å²) >= 11 is 0. The predicted octanol–water partition coefficient (Wildman–Crippen LogP) is 0.0546. The van der Waals surface area contributed by atoms with E-state index < -0.39 is 6.04 Å². The molecule has 1 aliphatic heterocycles. The van der Waals surface area contributed by atoms with Gasteiger partial charge in [-0.3, -0.25) is 4.79 Å².